The lowest BCUT2D eigenvalue weighted by atomic mass is 9.95. The van der Waals surface area contributed by atoms with Crippen molar-refractivity contribution in [2.24, 2.45) is 0 Å². The quantitative estimate of drug-likeness (QED) is 0.845. The Bertz CT molecular complexity index is 628. The van der Waals surface area contributed by atoms with Crippen LogP contribution in [0, 0.1) is 6.92 Å². The number of fused-ring (bicyclic) bond motifs is 1. The Morgan fingerprint density at radius 1 is 1.48 bits per heavy atom. The van der Waals surface area contributed by atoms with Crippen LogP contribution in [0.1, 0.15) is 48.2 Å². The van der Waals surface area contributed by atoms with Gasteiger partial charge in [0.2, 0.25) is 0 Å². The highest BCUT2D eigenvalue weighted by atomic mass is 79.9. The minimum absolute atomic E-state index is 0.0398. The van der Waals surface area contributed by atoms with Crippen molar-refractivity contribution in [2.45, 2.75) is 38.8 Å². The molecule has 3 nitrogen and oxygen atoms in total. The number of thiazole rings is 1. The Balaban J connectivity index is 1.90. The van der Waals surface area contributed by atoms with E-state index in [2.05, 4.69) is 44.6 Å². The first-order chi connectivity index (χ1) is 10.2. The number of rotatable bonds is 4. The molecule has 21 heavy (non-hydrogen) atoms. The van der Waals surface area contributed by atoms with Crippen LogP contribution < -0.4 is 10.1 Å². The fourth-order valence-electron chi connectivity index (χ4n) is 2.66. The van der Waals surface area contributed by atoms with E-state index in [9.17, 15) is 0 Å². The van der Waals surface area contributed by atoms with Crippen molar-refractivity contribution in [3.63, 3.8) is 0 Å². The monoisotopic (exact) mass is 366 g/mol. The van der Waals surface area contributed by atoms with E-state index in [4.69, 9.17) is 4.74 Å². The molecule has 1 aromatic heterocycles. The van der Waals surface area contributed by atoms with Crippen LogP contribution in [-0.2, 0) is 0 Å². The van der Waals surface area contributed by atoms with Crippen molar-refractivity contribution in [1.82, 2.24) is 10.3 Å². The zero-order valence-electron chi connectivity index (χ0n) is 12.2. The molecule has 1 aliphatic rings. The van der Waals surface area contributed by atoms with Crippen LogP contribution in [0.3, 0.4) is 0 Å². The Hall–Kier alpha value is -0.910. The minimum Gasteiger partial charge on any atom is -0.484 e. The van der Waals surface area contributed by atoms with E-state index in [0.717, 1.165) is 40.3 Å². The SMILES string of the molecule is CCCNC1CC(c2csc(C)n2)Oc2ccc(Br)cc21. The summed E-state index contributed by atoms with van der Waals surface area (Å²) in [6, 6.07) is 6.55. The van der Waals surface area contributed by atoms with Gasteiger partial charge in [0, 0.05) is 27.9 Å². The number of nitrogens with zero attached hydrogens (tertiary/aromatic N) is 1. The van der Waals surface area contributed by atoms with E-state index >= 15 is 0 Å². The van der Waals surface area contributed by atoms with Crippen molar-refractivity contribution in [2.75, 3.05) is 6.54 Å². The Labute approximate surface area is 137 Å². The summed E-state index contributed by atoms with van der Waals surface area (Å²) in [5.74, 6) is 0.966. The summed E-state index contributed by atoms with van der Waals surface area (Å²) in [7, 11) is 0. The maximum atomic E-state index is 6.18. The number of hydrogen-bond acceptors (Lipinski definition) is 4. The van der Waals surface area contributed by atoms with Gasteiger partial charge < -0.3 is 10.1 Å². The Morgan fingerprint density at radius 2 is 2.33 bits per heavy atom. The van der Waals surface area contributed by atoms with Crippen LogP contribution in [0.5, 0.6) is 5.75 Å². The zero-order valence-corrected chi connectivity index (χ0v) is 14.6. The van der Waals surface area contributed by atoms with Crippen LogP contribution >= 0.6 is 27.3 Å². The van der Waals surface area contributed by atoms with E-state index < -0.39 is 0 Å². The maximum absolute atomic E-state index is 6.18. The molecule has 0 aliphatic carbocycles. The molecule has 0 saturated carbocycles. The van der Waals surface area contributed by atoms with E-state index in [-0.39, 0.29) is 6.10 Å². The number of aryl methyl sites for hydroxylation is 1. The molecule has 0 radical (unpaired) electrons. The van der Waals surface area contributed by atoms with Gasteiger partial charge in [-0.1, -0.05) is 22.9 Å². The third kappa shape index (κ3) is 3.30. The molecule has 2 unspecified atom stereocenters. The molecule has 0 saturated heterocycles. The number of halogens is 1. The molecule has 5 heteroatoms. The normalized spacial score (nSPS) is 20.9. The largest absolute Gasteiger partial charge is 0.484 e. The first-order valence-corrected chi connectivity index (χ1v) is 8.96. The van der Waals surface area contributed by atoms with Gasteiger partial charge in [0.25, 0.3) is 0 Å². The average Bonchev–Trinajstić information content (AvgIpc) is 2.91. The second kappa shape index (κ2) is 6.46. The second-order valence-corrected chi connectivity index (χ2v) is 7.30. The molecule has 1 aliphatic heterocycles. The first-order valence-electron chi connectivity index (χ1n) is 7.29. The van der Waals surface area contributed by atoms with Gasteiger partial charge in [0.05, 0.1) is 10.7 Å². The number of hydrogen-bond donors (Lipinski definition) is 1. The lowest BCUT2D eigenvalue weighted by Crippen LogP contribution is -2.29. The fourth-order valence-corrected chi connectivity index (χ4v) is 3.70. The molecule has 2 heterocycles. The molecule has 0 spiro atoms. The molecule has 0 fully saturated rings. The predicted octanol–water partition coefficient (Wildman–Crippen LogP) is 4.78. The molecular formula is C16H19BrN2OS. The van der Waals surface area contributed by atoms with Crippen LogP contribution in [0.15, 0.2) is 28.1 Å². The predicted molar refractivity (Wildman–Crippen MR) is 90.0 cm³/mol. The van der Waals surface area contributed by atoms with Crippen molar-refractivity contribution in [1.29, 1.82) is 0 Å². The summed E-state index contributed by atoms with van der Waals surface area (Å²) >= 11 is 5.24. The summed E-state index contributed by atoms with van der Waals surface area (Å²) in [4.78, 5) is 4.60. The summed E-state index contributed by atoms with van der Waals surface area (Å²) in [5.41, 5.74) is 2.29. The van der Waals surface area contributed by atoms with E-state index in [1.807, 2.05) is 19.1 Å². The fraction of sp³-hybridized carbons (Fsp3) is 0.438. The molecule has 1 aromatic carbocycles. The molecule has 2 atom stereocenters. The molecule has 2 aromatic rings. The Morgan fingerprint density at radius 3 is 3.05 bits per heavy atom. The Kier molecular flexibility index (Phi) is 4.62. The molecule has 112 valence electrons. The van der Waals surface area contributed by atoms with Gasteiger partial charge >= 0.3 is 0 Å². The molecule has 0 bridgehead atoms. The topological polar surface area (TPSA) is 34.2 Å². The highest BCUT2D eigenvalue weighted by Gasteiger charge is 2.30. The van der Waals surface area contributed by atoms with Crippen LogP contribution in [0.2, 0.25) is 0 Å². The van der Waals surface area contributed by atoms with Gasteiger partial charge in [-0.3, -0.25) is 0 Å². The average molecular weight is 367 g/mol. The summed E-state index contributed by atoms with van der Waals surface area (Å²) in [6.07, 6.45) is 2.09. The standard InChI is InChI=1S/C16H19BrN2OS/c1-3-6-18-13-8-16(14-9-21-10(2)19-14)20-15-5-4-11(17)7-12(13)15/h4-5,7,9,13,16,18H,3,6,8H2,1-2H3. The smallest absolute Gasteiger partial charge is 0.143 e. The van der Waals surface area contributed by atoms with Crippen molar-refractivity contribution >= 4 is 27.3 Å². The molecule has 0 amide bonds. The van der Waals surface area contributed by atoms with Crippen LogP contribution in [0.25, 0.3) is 0 Å². The van der Waals surface area contributed by atoms with Crippen molar-refractivity contribution in [3.05, 3.63) is 44.3 Å². The van der Waals surface area contributed by atoms with Gasteiger partial charge in [-0.15, -0.1) is 11.3 Å². The van der Waals surface area contributed by atoms with Gasteiger partial charge in [0.1, 0.15) is 11.9 Å². The minimum atomic E-state index is 0.0398. The number of aromatic nitrogens is 1. The molecule has 3 rings (SSSR count). The van der Waals surface area contributed by atoms with Gasteiger partial charge in [-0.05, 0) is 38.1 Å². The molecular weight excluding hydrogens is 348 g/mol. The second-order valence-electron chi connectivity index (χ2n) is 5.32. The van der Waals surface area contributed by atoms with Gasteiger partial charge in [0.15, 0.2) is 0 Å². The third-order valence-electron chi connectivity index (χ3n) is 3.67. The lowest BCUT2D eigenvalue weighted by molar-refractivity contribution is 0.148. The number of nitrogens with one attached hydrogen (secondary N) is 1. The summed E-state index contributed by atoms with van der Waals surface area (Å²) < 4.78 is 7.27. The van der Waals surface area contributed by atoms with E-state index in [0.29, 0.717) is 6.04 Å². The summed E-state index contributed by atoms with van der Waals surface area (Å²) in [5, 5.41) is 6.84. The van der Waals surface area contributed by atoms with Crippen LogP contribution in [-0.4, -0.2) is 11.5 Å². The summed E-state index contributed by atoms with van der Waals surface area (Å²) in [6.45, 7) is 5.24. The highest BCUT2D eigenvalue weighted by Crippen LogP contribution is 2.41. The lowest BCUT2D eigenvalue weighted by Gasteiger charge is -2.32. The van der Waals surface area contributed by atoms with E-state index in [1.54, 1.807) is 11.3 Å². The third-order valence-corrected chi connectivity index (χ3v) is 4.96. The first kappa shape index (κ1) is 15.0. The van der Waals surface area contributed by atoms with Gasteiger partial charge in [-0.2, -0.15) is 0 Å². The maximum Gasteiger partial charge on any atom is 0.143 e. The van der Waals surface area contributed by atoms with Crippen LogP contribution in [0.4, 0.5) is 0 Å². The van der Waals surface area contributed by atoms with Gasteiger partial charge in [-0.25, -0.2) is 4.98 Å². The molecule has 1 N–H and O–H groups in total. The highest BCUT2D eigenvalue weighted by molar-refractivity contribution is 9.10. The van der Waals surface area contributed by atoms with Crippen molar-refractivity contribution < 1.29 is 4.74 Å². The number of ether oxygens (including phenoxy) is 1. The number of benzene rings is 1. The van der Waals surface area contributed by atoms with E-state index in [1.165, 1.54) is 5.56 Å². The van der Waals surface area contributed by atoms with Crippen molar-refractivity contribution in [3.8, 4) is 5.75 Å². The zero-order chi connectivity index (χ0) is 14.8.